The van der Waals surface area contributed by atoms with E-state index in [1.807, 2.05) is 0 Å². The summed E-state index contributed by atoms with van der Waals surface area (Å²) in [5, 5.41) is 8.95. The summed E-state index contributed by atoms with van der Waals surface area (Å²) in [5.74, 6) is -0.868. The minimum atomic E-state index is -0.537. The second kappa shape index (κ2) is 5.14. The first-order valence-electron chi connectivity index (χ1n) is 5.43. The highest BCUT2D eigenvalue weighted by Gasteiger charge is 2.07. The lowest BCUT2D eigenvalue weighted by atomic mass is 10.2. The summed E-state index contributed by atoms with van der Waals surface area (Å²) < 4.78 is 32.0. The van der Waals surface area contributed by atoms with Gasteiger partial charge in [-0.1, -0.05) is 6.07 Å². The number of halogens is 2. The van der Waals surface area contributed by atoms with Crippen LogP contribution in [-0.2, 0) is 6.61 Å². The largest absolute Gasteiger partial charge is 0.454 e. The normalized spacial score (nSPS) is 10.4. The maximum atomic E-state index is 13.5. The molecule has 2 nitrogen and oxygen atoms in total. The number of ether oxygens (including phenoxy) is 1. The maximum absolute atomic E-state index is 13.5. The van der Waals surface area contributed by atoms with Crippen molar-refractivity contribution in [1.29, 1.82) is 0 Å². The van der Waals surface area contributed by atoms with Crippen molar-refractivity contribution < 1.29 is 18.6 Å². The summed E-state index contributed by atoms with van der Waals surface area (Å²) in [5.41, 5.74) is 1.21. The fraction of sp³-hybridized carbons (Fsp3) is 0.143. The molecular formula is C14H12F2O2. The molecule has 0 atom stereocenters. The van der Waals surface area contributed by atoms with E-state index >= 15 is 0 Å². The Morgan fingerprint density at radius 1 is 1.11 bits per heavy atom. The molecule has 0 bridgehead atoms. The van der Waals surface area contributed by atoms with E-state index in [4.69, 9.17) is 9.84 Å². The molecule has 2 aromatic carbocycles. The van der Waals surface area contributed by atoms with Crippen LogP contribution in [0, 0.1) is 18.6 Å². The Morgan fingerprint density at radius 3 is 2.61 bits per heavy atom. The van der Waals surface area contributed by atoms with Gasteiger partial charge in [0.05, 0.1) is 6.61 Å². The minimum absolute atomic E-state index is 0.0319. The molecule has 0 aliphatic rings. The van der Waals surface area contributed by atoms with E-state index in [1.165, 1.54) is 24.3 Å². The SMILES string of the molecule is Cc1ccc(F)c(Oc2cc(F)cc(CO)c2)c1. The fourth-order valence-electron chi connectivity index (χ4n) is 1.59. The summed E-state index contributed by atoms with van der Waals surface area (Å²) in [6, 6.07) is 8.23. The molecule has 2 rings (SSSR count). The molecule has 94 valence electrons. The zero-order valence-corrected chi connectivity index (χ0v) is 9.78. The van der Waals surface area contributed by atoms with Crippen molar-refractivity contribution in [3.05, 3.63) is 59.2 Å². The van der Waals surface area contributed by atoms with Crippen LogP contribution in [0.3, 0.4) is 0 Å². The highest BCUT2D eigenvalue weighted by Crippen LogP contribution is 2.26. The molecule has 2 aromatic rings. The highest BCUT2D eigenvalue weighted by atomic mass is 19.1. The lowest BCUT2D eigenvalue weighted by molar-refractivity contribution is 0.280. The first-order valence-corrected chi connectivity index (χ1v) is 5.43. The quantitative estimate of drug-likeness (QED) is 0.902. The molecule has 0 saturated heterocycles. The average molecular weight is 250 g/mol. The van der Waals surface area contributed by atoms with Crippen molar-refractivity contribution in [2.45, 2.75) is 13.5 Å². The molecule has 4 heteroatoms. The summed E-state index contributed by atoms with van der Waals surface area (Å²) >= 11 is 0. The van der Waals surface area contributed by atoms with Gasteiger partial charge in [-0.3, -0.25) is 0 Å². The topological polar surface area (TPSA) is 29.5 Å². The number of rotatable bonds is 3. The zero-order valence-electron chi connectivity index (χ0n) is 9.78. The minimum Gasteiger partial charge on any atom is -0.454 e. The molecule has 0 aromatic heterocycles. The van der Waals surface area contributed by atoms with Crippen molar-refractivity contribution >= 4 is 0 Å². The summed E-state index contributed by atoms with van der Waals surface area (Å²) in [4.78, 5) is 0. The van der Waals surface area contributed by atoms with Crippen LogP contribution >= 0.6 is 0 Å². The first-order chi connectivity index (χ1) is 8.58. The predicted octanol–water partition coefficient (Wildman–Crippen LogP) is 3.56. The molecule has 0 radical (unpaired) electrons. The van der Waals surface area contributed by atoms with Crippen molar-refractivity contribution in [3.8, 4) is 11.5 Å². The molecule has 0 aliphatic heterocycles. The average Bonchev–Trinajstić information content (AvgIpc) is 2.33. The van der Waals surface area contributed by atoms with E-state index < -0.39 is 11.6 Å². The van der Waals surface area contributed by atoms with Crippen LogP contribution in [0.1, 0.15) is 11.1 Å². The standard InChI is InChI=1S/C14H12F2O2/c1-9-2-3-13(16)14(4-9)18-12-6-10(8-17)5-11(15)7-12/h2-7,17H,8H2,1H3. The molecule has 0 fully saturated rings. The Bertz CT molecular complexity index is 568. The molecule has 1 N–H and O–H groups in total. The van der Waals surface area contributed by atoms with Crippen LogP contribution in [0.5, 0.6) is 11.5 Å². The molecule has 0 unspecified atom stereocenters. The first kappa shape index (κ1) is 12.5. The Hall–Kier alpha value is -1.94. The van der Waals surface area contributed by atoms with Crippen LogP contribution in [0.4, 0.5) is 8.78 Å². The summed E-state index contributed by atoms with van der Waals surface area (Å²) in [6.45, 7) is 1.50. The third-order valence-corrected chi connectivity index (χ3v) is 2.43. The number of aliphatic hydroxyl groups excluding tert-OH is 1. The van der Waals surface area contributed by atoms with Gasteiger partial charge in [0.1, 0.15) is 11.6 Å². The van der Waals surface area contributed by atoms with Crippen molar-refractivity contribution in [3.63, 3.8) is 0 Å². The van der Waals surface area contributed by atoms with Gasteiger partial charge >= 0.3 is 0 Å². The molecule has 0 heterocycles. The predicted molar refractivity (Wildman–Crippen MR) is 63.5 cm³/mol. The lowest BCUT2D eigenvalue weighted by Crippen LogP contribution is -1.92. The molecular weight excluding hydrogens is 238 g/mol. The van der Waals surface area contributed by atoms with Crippen LogP contribution < -0.4 is 4.74 Å². The van der Waals surface area contributed by atoms with Crippen molar-refractivity contribution in [2.24, 2.45) is 0 Å². The summed E-state index contributed by atoms with van der Waals surface area (Å²) in [7, 11) is 0. The van der Waals surface area contributed by atoms with Gasteiger partial charge in [0.2, 0.25) is 0 Å². The van der Waals surface area contributed by atoms with Gasteiger partial charge < -0.3 is 9.84 Å². The monoisotopic (exact) mass is 250 g/mol. The molecule has 0 saturated carbocycles. The van der Waals surface area contributed by atoms with Gasteiger partial charge in [-0.05, 0) is 42.3 Å². The number of aliphatic hydroxyl groups is 1. The van der Waals surface area contributed by atoms with Gasteiger partial charge in [0, 0.05) is 6.07 Å². The van der Waals surface area contributed by atoms with E-state index in [-0.39, 0.29) is 18.1 Å². The van der Waals surface area contributed by atoms with Crippen LogP contribution in [-0.4, -0.2) is 5.11 Å². The lowest BCUT2D eigenvalue weighted by Gasteiger charge is -2.09. The van der Waals surface area contributed by atoms with Gasteiger partial charge in [-0.2, -0.15) is 0 Å². The number of benzene rings is 2. The van der Waals surface area contributed by atoms with Gasteiger partial charge in [0.15, 0.2) is 11.6 Å². The Labute approximate surface area is 103 Å². The molecule has 0 amide bonds. The van der Waals surface area contributed by atoms with Gasteiger partial charge in [-0.25, -0.2) is 8.78 Å². The molecule has 0 spiro atoms. The van der Waals surface area contributed by atoms with E-state index in [1.54, 1.807) is 13.0 Å². The summed E-state index contributed by atoms with van der Waals surface area (Å²) in [6.07, 6.45) is 0. The molecule has 18 heavy (non-hydrogen) atoms. The van der Waals surface area contributed by atoms with Crippen LogP contribution in [0.2, 0.25) is 0 Å². The number of hydrogen-bond acceptors (Lipinski definition) is 2. The van der Waals surface area contributed by atoms with Crippen molar-refractivity contribution in [1.82, 2.24) is 0 Å². The zero-order chi connectivity index (χ0) is 13.1. The fourth-order valence-corrected chi connectivity index (χ4v) is 1.59. The maximum Gasteiger partial charge on any atom is 0.165 e. The second-order valence-electron chi connectivity index (χ2n) is 3.99. The van der Waals surface area contributed by atoms with E-state index in [9.17, 15) is 8.78 Å². The molecule has 0 aliphatic carbocycles. The van der Waals surface area contributed by atoms with Gasteiger partial charge in [-0.15, -0.1) is 0 Å². The number of aryl methyl sites for hydroxylation is 1. The van der Waals surface area contributed by atoms with E-state index in [0.29, 0.717) is 5.56 Å². The van der Waals surface area contributed by atoms with Gasteiger partial charge in [0.25, 0.3) is 0 Å². The van der Waals surface area contributed by atoms with Crippen molar-refractivity contribution in [2.75, 3.05) is 0 Å². The third-order valence-electron chi connectivity index (χ3n) is 2.43. The Morgan fingerprint density at radius 2 is 1.89 bits per heavy atom. The Kier molecular flexibility index (Phi) is 3.58. The van der Waals surface area contributed by atoms with E-state index in [2.05, 4.69) is 0 Å². The van der Waals surface area contributed by atoms with E-state index in [0.717, 1.165) is 11.6 Å². The number of hydrogen-bond donors (Lipinski definition) is 1. The smallest absolute Gasteiger partial charge is 0.165 e. The second-order valence-corrected chi connectivity index (χ2v) is 3.99. The highest BCUT2D eigenvalue weighted by molar-refractivity contribution is 5.36. The van der Waals surface area contributed by atoms with Crippen LogP contribution in [0.25, 0.3) is 0 Å². The van der Waals surface area contributed by atoms with Crippen LogP contribution in [0.15, 0.2) is 36.4 Å². The third kappa shape index (κ3) is 2.84. The Balaban J connectivity index is 2.33.